The minimum absolute atomic E-state index is 0.379. The summed E-state index contributed by atoms with van der Waals surface area (Å²) in [7, 11) is -0.379. The van der Waals surface area contributed by atoms with Crippen LogP contribution in [0.3, 0.4) is 0 Å². The molecule has 0 N–H and O–H groups in total. The van der Waals surface area contributed by atoms with Crippen molar-refractivity contribution in [2.24, 2.45) is 17.8 Å². The van der Waals surface area contributed by atoms with Gasteiger partial charge in [0.05, 0.1) is 0 Å². The Labute approximate surface area is 208 Å². The van der Waals surface area contributed by atoms with Gasteiger partial charge in [0, 0.05) is 8.80 Å². The third kappa shape index (κ3) is 7.58. The number of ether oxygens (including phenoxy) is 1. The Morgan fingerprint density at radius 1 is 0.857 bits per heavy atom. The average molecular weight is 507 g/mol. The molecule has 0 aromatic heterocycles. The highest BCUT2D eigenvalue weighted by atomic mass is 28.3. The first-order valence-electron chi connectivity index (χ1n) is 13.5. The summed E-state index contributed by atoms with van der Waals surface area (Å²) in [6, 6.07) is 16.3. The van der Waals surface area contributed by atoms with E-state index in [0.29, 0.717) is 5.56 Å². The Hall–Kier alpha value is -1.82. The lowest BCUT2D eigenvalue weighted by Crippen LogP contribution is -2.28. The van der Waals surface area contributed by atoms with Crippen LogP contribution < -0.4 is 4.74 Å². The molecule has 6 heteroatoms. The van der Waals surface area contributed by atoms with Crippen molar-refractivity contribution in [2.75, 3.05) is 0 Å². The molecule has 0 radical (unpaired) electrons. The van der Waals surface area contributed by atoms with E-state index in [2.05, 4.69) is 23.8 Å². The Bertz CT molecular complexity index is 927. The van der Waals surface area contributed by atoms with E-state index < -0.39 is 17.9 Å². The molecule has 192 valence electrons. The molecule has 1 aliphatic carbocycles. The highest BCUT2D eigenvalue weighted by molar-refractivity contribution is 6.58. The van der Waals surface area contributed by atoms with Crippen LogP contribution >= 0.6 is 0 Å². The number of rotatable bonds is 8. The largest absolute Gasteiger partial charge is 0.573 e. The predicted octanol–water partition coefficient (Wildman–Crippen LogP) is 9.18. The molecule has 0 bridgehead atoms. The summed E-state index contributed by atoms with van der Waals surface area (Å²) in [5.74, 6) is 0.958. The zero-order valence-corrected chi connectivity index (χ0v) is 21.9. The first kappa shape index (κ1) is 26.2. The molecular weight excluding hydrogens is 468 g/mol. The predicted molar refractivity (Wildman–Crippen MR) is 137 cm³/mol. The van der Waals surface area contributed by atoms with E-state index in [0.717, 1.165) is 41.9 Å². The standard InChI is InChI=1S/C29H38F4OSi/c1-2-17-35-18-15-25(16-19-35)23-9-5-21(6-10-23)3-4-22-7-11-24(12-8-22)26-13-14-28(27(30)20-26)34-29(31,32)33/h7-8,11-14,20-21,23,25,35H,2-6,9-10,15-19H2,1H3/t21-,23-,25?,35?. The summed E-state index contributed by atoms with van der Waals surface area (Å²) >= 11 is 0. The van der Waals surface area contributed by atoms with Gasteiger partial charge in [-0.2, -0.15) is 0 Å². The van der Waals surface area contributed by atoms with E-state index in [1.165, 1.54) is 63.0 Å². The van der Waals surface area contributed by atoms with Crippen molar-refractivity contribution in [1.29, 1.82) is 0 Å². The van der Waals surface area contributed by atoms with Crippen LogP contribution in [0.25, 0.3) is 11.1 Å². The van der Waals surface area contributed by atoms with Crippen LogP contribution in [0.1, 0.15) is 63.9 Å². The van der Waals surface area contributed by atoms with Crippen molar-refractivity contribution >= 4 is 8.80 Å². The fraction of sp³-hybridized carbons (Fsp3) is 0.586. The Balaban J connectivity index is 1.22. The lowest BCUT2D eigenvalue weighted by molar-refractivity contribution is -0.275. The smallest absolute Gasteiger partial charge is 0.403 e. The van der Waals surface area contributed by atoms with E-state index in [-0.39, 0.29) is 8.80 Å². The maximum Gasteiger partial charge on any atom is 0.573 e. The van der Waals surface area contributed by atoms with Crippen molar-refractivity contribution in [3.05, 3.63) is 53.8 Å². The van der Waals surface area contributed by atoms with Crippen molar-refractivity contribution in [2.45, 2.75) is 89.2 Å². The van der Waals surface area contributed by atoms with Gasteiger partial charge in [0.2, 0.25) is 0 Å². The fourth-order valence-electron chi connectivity index (χ4n) is 6.43. The van der Waals surface area contributed by atoms with Crippen LogP contribution in [0.2, 0.25) is 18.1 Å². The second kappa shape index (κ2) is 11.9. The molecule has 4 rings (SSSR count). The molecule has 0 amide bonds. The summed E-state index contributed by atoms with van der Waals surface area (Å²) in [5.41, 5.74) is 2.57. The Kier molecular flexibility index (Phi) is 8.95. The Morgan fingerprint density at radius 2 is 1.49 bits per heavy atom. The molecule has 2 fully saturated rings. The lowest BCUT2D eigenvalue weighted by Gasteiger charge is -2.37. The van der Waals surface area contributed by atoms with Gasteiger partial charge in [-0.15, -0.1) is 13.2 Å². The maximum absolute atomic E-state index is 14.0. The van der Waals surface area contributed by atoms with Gasteiger partial charge in [0.15, 0.2) is 11.6 Å². The first-order chi connectivity index (χ1) is 16.8. The zero-order chi connectivity index (χ0) is 24.8. The molecule has 2 aliphatic rings. The summed E-state index contributed by atoms with van der Waals surface area (Å²) in [6.07, 6.45) is 7.31. The van der Waals surface area contributed by atoms with E-state index in [4.69, 9.17) is 0 Å². The van der Waals surface area contributed by atoms with Gasteiger partial charge in [-0.05, 0) is 72.3 Å². The molecule has 1 heterocycles. The van der Waals surface area contributed by atoms with E-state index >= 15 is 0 Å². The second-order valence-corrected chi connectivity index (χ2v) is 14.2. The Morgan fingerprint density at radius 3 is 2.09 bits per heavy atom. The summed E-state index contributed by atoms with van der Waals surface area (Å²) in [4.78, 5) is 0. The van der Waals surface area contributed by atoms with Crippen LogP contribution in [0, 0.1) is 23.6 Å². The summed E-state index contributed by atoms with van der Waals surface area (Å²) in [6.45, 7) is 2.34. The molecule has 1 aliphatic heterocycles. The van der Waals surface area contributed by atoms with E-state index in [1.807, 2.05) is 12.1 Å². The molecule has 0 spiro atoms. The normalized spacial score (nSPS) is 25.4. The number of benzene rings is 2. The zero-order valence-electron chi connectivity index (χ0n) is 20.8. The van der Waals surface area contributed by atoms with Gasteiger partial charge in [-0.1, -0.05) is 87.5 Å². The van der Waals surface area contributed by atoms with Crippen LogP contribution in [0.4, 0.5) is 17.6 Å². The SMILES string of the molecule is CCC[SiH]1CCC([C@H]2CC[C@H](CCc3ccc(-c4ccc(OC(F)(F)F)c(F)c4)cc3)CC2)CC1. The fourth-order valence-corrected chi connectivity index (χ4v) is 9.91. The minimum atomic E-state index is -4.90. The highest BCUT2D eigenvalue weighted by Gasteiger charge is 2.33. The molecule has 1 saturated carbocycles. The molecule has 1 saturated heterocycles. The second-order valence-electron chi connectivity index (χ2n) is 10.8. The van der Waals surface area contributed by atoms with Crippen molar-refractivity contribution in [3.8, 4) is 16.9 Å². The number of halogens is 4. The summed E-state index contributed by atoms with van der Waals surface area (Å²) in [5, 5.41) is 0. The average Bonchev–Trinajstić information content (AvgIpc) is 2.85. The maximum atomic E-state index is 14.0. The van der Waals surface area contributed by atoms with Crippen LogP contribution in [-0.2, 0) is 6.42 Å². The molecule has 2 aromatic carbocycles. The number of alkyl halides is 3. The molecule has 0 atom stereocenters. The highest BCUT2D eigenvalue weighted by Crippen LogP contribution is 2.42. The molecule has 35 heavy (non-hydrogen) atoms. The quantitative estimate of drug-likeness (QED) is 0.256. The van der Waals surface area contributed by atoms with Crippen molar-refractivity contribution < 1.29 is 22.3 Å². The van der Waals surface area contributed by atoms with Crippen LogP contribution in [0.5, 0.6) is 5.75 Å². The van der Waals surface area contributed by atoms with Crippen molar-refractivity contribution in [3.63, 3.8) is 0 Å². The van der Waals surface area contributed by atoms with Crippen LogP contribution in [0.15, 0.2) is 42.5 Å². The van der Waals surface area contributed by atoms with Gasteiger partial charge >= 0.3 is 6.36 Å². The third-order valence-electron chi connectivity index (χ3n) is 8.43. The van der Waals surface area contributed by atoms with Crippen LogP contribution in [-0.4, -0.2) is 15.2 Å². The lowest BCUT2D eigenvalue weighted by atomic mass is 9.73. The molecule has 2 aromatic rings. The van der Waals surface area contributed by atoms with Gasteiger partial charge in [0.25, 0.3) is 0 Å². The minimum Gasteiger partial charge on any atom is -0.403 e. The van der Waals surface area contributed by atoms with Crippen molar-refractivity contribution in [1.82, 2.24) is 0 Å². The van der Waals surface area contributed by atoms with E-state index in [1.54, 1.807) is 18.1 Å². The summed E-state index contributed by atoms with van der Waals surface area (Å²) < 4.78 is 54.8. The topological polar surface area (TPSA) is 9.23 Å². The molecular formula is C29H38F4OSi. The first-order valence-corrected chi connectivity index (χ1v) is 15.9. The number of aryl methyl sites for hydroxylation is 1. The molecule has 1 nitrogen and oxygen atoms in total. The van der Waals surface area contributed by atoms with Gasteiger partial charge in [0.1, 0.15) is 0 Å². The third-order valence-corrected chi connectivity index (χ3v) is 12.1. The van der Waals surface area contributed by atoms with E-state index in [9.17, 15) is 17.6 Å². The van der Waals surface area contributed by atoms with Gasteiger partial charge < -0.3 is 4.74 Å². The molecule has 0 unspecified atom stereocenters. The number of hydrogen-bond acceptors (Lipinski definition) is 1. The number of hydrogen-bond donors (Lipinski definition) is 0. The van der Waals surface area contributed by atoms with Gasteiger partial charge in [-0.3, -0.25) is 0 Å². The van der Waals surface area contributed by atoms with Gasteiger partial charge in [-0.25, -0.2) is 4.39 Å². The monoisotopic (exact) mass is 506 g/mol.